The van der Waals surface area contributed by atoms with Crippen molar-refractivity contribution in [2.75, 3.05) is 5.43 Å². The van der Waals surface area contributed by atoms with E-state index >= 15 is 0 Å². The van der Waals surface area contributed by atoms with Crippen LogP contribution in [0.25, 0.3) is 0 Å². The molecule has 5 heteroatoms. The van der Waals surface area contributed by atoms with E-state index in [0.717, 1.165) is 22.1 Å². The third kappa shape index (κ3) is 3.66. The normalized spacial score (nSPS) is 10.8. The van der Waals surface area contributed by atoms with Gasteiger partial charge in [0.1, 0.15) is 11.6 Å². The van der Waals surface area contributed by atoms with Gasteiger partial charge in [-0.3, -0.25) is 0 Å². The summed E-state index contributed by atoms with van der Waals surface area (Å²) in [6.07, 6.45) is 0.635. The molecule has 0 bridgehead atoms. The van der Waals surface area contributed by atoms with E-state index in [1.807, 2.05) is 30.3 Å². The number of anilines is 1. The van der Waals surface area contributed by atoms with Crippen molar-refractivity contribution >= 4 is 17.4 Å². The maximum absolute atomic E-state index is 5.98. The Hall–Kier alpha value is -1.65. The first kappa shape index (κ1) is 13.8. The van der Waals surface area contributed by atoms with Crippen LogP contribution in [-0.2, 0) is 6.42 Å². The summed E-state index contributed by atoms with van der Waals surface area (Å²) < 4.78 is 0. The fraction of sp³-hybridized carbons (Fsp3) is 0.286. The van der Waals surface area contributed by atoms with Crippen LogP contribution < -0.4 is 11.3 Å². The van der Waals surface area contributed by atoms with E-state index in [-0.39, 0.29) is 0 Å². The van der Waals surface area contributed by atoms with Gasteiger partial charge in [-0.2, -0.15) is 0 Å². The summed E-state index contributed by atoms with van der Waals surface area (Å²) in [4.78, 5) is 8.93. The van der Waals surface area contributed by atoms with Gasteiger partial charge in [-0.15, -0.1) is 0 Å². The zero-order valence-electron chi connectivity index (χ0n) is 11.0. The van der Waals surface area contributed by atoms with Gasteiger partial charge in [0, 0.05) is 23.2 Å². The summed E-state index contributed by atoms with van der Waals surface area (Å²) in [5, 5.41) is 0.717. The minimum atomic E-state index is 0.327. The van der Waals surface area contributed by atoms with E-state index in [0.29, 0.717) is 18.2 Å². The van der Waals surface area contributed by atoms with E-state index in [2.05, 4.69) is 29.2 Å². The summed E-state index contributed by atoms with van der Waals surface area (Å²) in [6, 6.07) is 9.57. The fourth-order valence-corrected chi connectivity index (χ4v) is 2.01. The molecule has 2 rings (SSSR count). The van der Waals surface area contributed by atoms with Crippen molar-refractivity contribution in [1.29, 1.82) is 0 Å². The van der Waals surface area contributed by atoms with Crippen LogP contribution in [0.5, 0.6) is 0 Å². The average Bonchev–Trinajstić information content (AvgIpc) is 2.38. The highest BCUT2D eigenvalue weighted by Gasteiger charge is 2.08. The molecule has 2 aromatic rings. The standard InChI is InChI=1S/C14H17ClN4/c1-9(2)12-8-14(19-16)18-13(17-12)7-10-4-3-5-11(15)6-10/h3-6,8-9H,7,16H2,1-2H3,(H,17,18,19). The summed E-state index contributed by atoms with van der Waals surface area (Å²) in [5.74, 6) is 7.14. The second-order valence-electron chi connectivity index (χ2n) is 4.70. The average molecular weight is 277 g/mol. The Morgan fingerprint density at radius 3 is 2.68 bits per heavy atom. The molecule has 0 atom stereocenters. The van der Waals surface area contributed by atoms with Crippen molar-refractivity contribution < 1.29 is 0 Å². The van der Waals surface area contributed by atoms with Crippen molar-refractivity contribution in [2.45, 2.75) is 26.2 Å². The number of halogens is 1. The summed E-state index contributed by atoms with van der Waals surface area (Å²) in [5.41, 5.74) is 4.63. The second kappa shape index (κ2) is 5.99. The number of hydrogen-bond donors (Lipinski definition) is 2. The number of hydrogen-bond acceptors (Lipinski definition) is 4. The van der Waals surface area contributed by atoms with Crippen molar-refractivity contribution in [3.8, 4) is 0 Å². The van der Waals surface area contributed by atoms with Crippen molar-refractivity contribution in [3.63, 3.8) is 0 Å². The van der Waals surface area contributed by atoms with Gasteiger partial charge in [0.2, 0.25) is 0 Å². The van der Waals surface area contributed by atoms with E-state index in [4.69, 9.17) is 17.4 Å². The monoisotopic (exact) mass is 276 g/mol. The molecule has 0 radical (unpaired) electrons. The third-order valence-corrected chi connectivity index (χ3v) is 3.02. The zero-order valence-corrected chi connectivity index (χ0v) is 11.8. The third-order valence-electron chi connectivity index (χ3n) is 2.78. The highest BCUT2D eigenvalue weighted by molar-refractivity contribution is 6.30. The second-order valence-corrected chi connectivity index (χ2v) is 5.14. The molecule has 0 saturated heterocycles. The van der Waals surface area contributed by atoms with Gasteiger partial charge < -0.3 is 5.43 Å². The van der Waals surface area contributed by atoms with Gasteiger partial charge in [-0.25, -0.2) is 15.8 Å². The first-order valence-electron chi connectivity index (χ1n) is 6.17. The maximum Gasteiger partial charge on any atom is 0.143 e. The largest absolute Gasteiger partial charge is 0.308 e. The molecular formula is C14H17ClN4. The molecule has 0 saturated carbocycles. The molecule has 0 aliphatic carbocycles. The van der Waals surface area contributed by atoms with E-state index in [9.17, 15) is 0 Å². The van der Waals surface area contributed by atoms with Gasteiger partial charge in [0.25, 0.3) is 0 Å². The molecule has 0 amide bonds. The van der Waals surface area contributed by atoms with Gasteiger partial charge in [0.15, 0.2) is 0 Å². The lowest BCUT2D eigenvalue weighted by atomic mass is 10.1. The fourth-order valence-electron chi connectivity index (χ4n) is 1.80. The molecule has 1 heterocycles. The van der Waals surface area contributed by atoms with Crippen molar-refractivity contribution in [2.24, 2.45) is 5.84 Å². The number of nitrogens with one attached hydrogen (secondary N) is 1. The first-order chi connectivity index (χ1) is 9.08. The molecule has 1 aromatic carbocycles. The molecule has 0 fully saturated rings. The Labute approximate surface area is 118 Å². The Morgan fingerprint density at radius 2 is 2.05 bits per heavy atom. The van der Waals surface area contributed by atoms with Crippen molar-refractivity contribution in [3.05, 3.63) is 52.4 Å². The topological polar surface area (TPSA) is 63.8 Å². The number of rotatable bonds is 4. The smallest absolute Gasteiger partial charge is 0.143 e. The summed E-state index contributed by atoms with van der Waals surface area (Å²) in [6.45, 7) is 4.18. The number of nitrogens with two attached hydrogens (primary N) is 1. The van der Waals surface area contributed by atoms with E-state index in [1.165, 1.54) is 0 Å². The predicted octanol–water partition coefficient (Wildman–Crippen LogP) is 3.13. The maximum atomic E-state index is 5.98. The quantitative estimate of drug-likeness (QED) is 0.665. The van der Waals surface area contributed by atoms with Gasteiger partial charge in [0.05, 0.1) is 0 Å². The van der Waals surface area contributed by atoms with Gasteiger partial charge in [-0.05, 0) is 23.6 Å². The number of nitrogen functional groups attached to an aromatic ring is 1. The molecule has 4 nitrogen and oxygen atoms in total. The lowest BCUT2D eigenvalue weighted by molar-refractivity contribution is 0.792. The number of benzene rings is 1. The minimum absolute atomic E-state index is 0.327. The Morgan fingerprint density at radius 1 is 1.26 bits per heavy atom. The van der Waals surface area contributed by atoms with Crippen LogP contribution in [0.1, 0.15) is 36.8 Å². The Bertz CT molecular complexity index is 569. The highest BCUT2D eigenvalue weighted by Crippen LogP contribution is 2.18. The zero-order chi connectivity index (χ0) is 13.8. The minimum Gasteiger partial charge on any atom is -0.308 e. The molecule has 3 N–H and O–H groups in total. The molecule has 0 aliphatic rings. The molecule has 0 unspecified atom stereocenters. The number of hydrazine groups is 1. The van der Waals surface area contributed by atoms with Crippen molar-refractivity contribution in [1.82, 2.24) is 9.97 Å². The van der Waals surface area contributed by atoms with Crippen LogP contribution in [0, 0.1) is 0 Å². The Kier molecular flexibility index (Phi) is 4.35. The Balaban J connectivity index is 2.31. The van der Waals surface area contributed by atoms with Crippen LogP contribution in [0.2, 0.25) is 5.02 Å². The molecule has 0 aliphatic heterocycles. The predicted molar refractivity (Wildman–Crippen MR) is 78.2 cm³/mol. The summed E-state index contributed by atoms with van der Waals surface area (Å²) in [7, 11) is 0. The lowest BCUT2D eigenvalue weighted by Crippen LogP contribution is -2.12. The SMILES string of the molecule is CC(C)c1cc(NN)nc(Cc2cccc(Cl)c2)n1. The molecule has 19 heavy (non-hydrogen) atoms. The highest BCUT2D eigenvalue weighted by atomic mass is 35.5. The van der Waals surface area contributed by atoms with E-state index < -0.39 is 0 Å². The van der Waals surface area contributed by atoms with Crippen LogP contribution >= 0.6 is 11.6 Å². The molecule has 0 spiro atoms. The van der Waals surface area contributed by atoms with Gasteiger partial charge in [-0.1, -0.05) is 37.6 Å². The van der Waals surface area contributed by atoms with Crippen LogP contribution in [0.3, 0.4) is 0 Å². The molecular weight excluding hydrogens is 260 g/mol. The molecule has 1 aromatic heterocycles. The summed E-state index contributed by atoms with van der Waals surface area (Å²) >= 11 is 5.98. The first-order valence-corrected chi connectivity index (χ1v) is 6.55. The van der Waals surface area contributed by atoms with Gasteiger partial charge >= 0.3 is 0 Å². The van der Waals surface area contributed by atoms with Crippen LogP contribution in [0.15, 0.2) is 30.3 Å². The number of aromatic nitrogens is 2. The number of nitrogens with zero attached hydrogens (tertiary/aromatic N) is 2. The van der Waals surface area contributed by atoms with E-state index in [1.54, 1.807) is 0 Å². The molecule has 100 valence electrons. The lowest BCUT2D eigenvalue weighted by Gasteiger charge is -2.10. The van der Waals surface area contributed by atoms with Crippen LogP contribution in [-0.4, -0.2) is 9.97 Å². The van der Waals surface area contributed by atoms with Crippen LogP contribution in [0.4, 0.5) is 5.82 Å².